The van der Waals surface area contributed by atoms with Gasteiger partial charge in [-0.2, -0.15) is 0 Å². The summed E-state index contributed by atoms with van der Waals surface area (Å²) < 4.78 is 0. The number of unbranched alkanes of at least 4 members (excludes halogenated alkanes) is 1. The molecule has 0 radical (unpaired) electrons. The molecule has 0 spiro atoms. The number of hydrogen-bond acceptors (Lipinski definition) is 3. The summed E-state index contributed by atoms with van der Waals surface area (Å²) in [4.78, 5) is 31.4. The van der Waals surface area contributed by atoms with Crippen LogP contribution in [0.3, 0.4) is 0 Å². The van der Waals surface area contributed by atoms with Crippen molar-refractivity contribution in [2.45, 2.75) is 25.3 Å². The van der Waals surface area contributed by atoms with Gasteiger partial charge >= 0.3 is 5.97 Å². The SMILES string of the molecule is C=CC(=O)NCCCCC(NC=O)C(=O)O. The van der Waals surface area contributed by atoms with E-state index in [2.05, 4.69) is 17.2 Å². The second-order valence-corrected chi connectivity index (χ2v) is 3.17. The molecule has 3 N–H and O–H groups in total. The average Bonchev–Trinajstić information content (AvgIpc) is 2.26. The molecule has 1 unspecified atom stereocenters. The third-order valence-electron chi connectivity index (χ3n) is 1.97. The highest BCUT2D eigenvalue weighted by Crippen LogP contribution is 2.00. The van der Waals surface area contributed by atoms with Gasteiger partial charge < -0.3 is 15.7 Å². The molecule has 16 heavy (non-hydrogen) atoms. The van der Waals surface area contributed by atoms with Crippen LogP contribution in [0.25, 0.3) is 0 Å². The third kappa shape index (κ3) is 6.58. The van der Waals surface area contributed by atoms with Gasteiger partial charge in [0.15, 0.2) is 0 Å². The lowest BCUT2D eigenvalue weighted by atomic mass is 10.1. The van der Waals surface area contributed by atoms with Gasteiger partial charge in [0.05, 0.1) is 0 Å². The number of carbonyl (C=O) groups excluding carboxylic acids is 2. The largest absolute Gasteiger partial charge is 0.480 e. The summed E-state index contributed by atoms with van der Waals surface area (Å²) in [6.07, 6.45) is 3.16. The van der Waals surface area contributed by atoms with Crippen molar-refractivity contribution in [2.75, 3.05) is 6.54 Å². The Morgan fingerprint density at radius 3 is 2.56 bits per heavy atom. The summed E-state index contributed by atoms with van der Waals surface area (Å²) in [5, 5.41) is 13.5. The first-order valence-corrected chi connectivity index (χ1v) is 4.94. The lowest BCUT2D eigenvalue weighted by Gasteiger charge is -2.10. The Hall–Kier alpha value is -1.85. The first-order chi connectivity index (χ1) is 7.61. The van der Waals surface area contributed by atoms with Crippen LogP contribution in [-0.2, 0) is 14.4 Å². The molecular weight excluding hydrogens is 212 g/mol. The molecule has 0 saturated heterocycles. The van der Waals surface area contributed by atoms with Gasteiger partial charge in [0.25, 0.3) is 0 Å². The molecule has 90 valence electrons. The van der Waals surface area contributed by atoms with Gasteiger partial charge in [-0.3, -0.25) is 9.59 Å². The zero-order chi connectivity index (χ0) is 12.4. The fourth-order valence-electron chi connectivity index (χ4n) is 1.12. The fraction of sp³-hybridized carbons (Fsp3) is 0.500. The molecule has 2 amide bonds. The number of carboxylic acid groups (broad SMARTS) is 1. The molecule has 0 bridgehead atoms. The van der Waals surface area contributed by atoms with Gasteiger partial charge in [0.1, 0.15) is 6.04 Å². The zero-order valence-corrected chi connectivity index (χ0v) is 8.94. The van der Waals surface area contributed by atoms with Crippen LogP contribution in [0, 0.1) is 0 Å². The summed E-state index contributed by atoms with van der Waals surface area (Å²) in [5.74, 6) is -1.30. The minimum atomic E-state index is -1.05. The van der Waals surface area contributed by atoms with E-state index < -0.39 is 12.0 Å². The number of aliphatic carboxylic acids is 1. The highest BCUT2D eigenvalue weighted by Gasteiger charge is 2.14. The molecule has 0 aromatic rings. The Bertz CT molecular complexity index is 266. The van der Waals surface area contributed by atoms with Gasteiger partial charge in [-0.25, -0.2) is 4.79 Å². The molecule has 0 aromatic heterocycles. The summed E-state index contributed by atoms with van der Waals surface area (Å²) in [6.45, 7) is 3.77. The van der Waals surface area contributed by atoms with Crippen molar-refractivity contribution in [1.29, 1.82) is 0 Å². The van der Waals surface area contributed by atoms with Crippen molar-refractivity contribution in [3.05, 3.63) is 12.7 Å². The van der Waals surface area contributed by atoms with Gasteiger partial charge in [-0.1, -0.05) is 6.58 Å². The zero-order valence-electron chi connectivity index (χ0n) is 8.94. The molecule has 1 atom stereocenters. The van der Waals surface area contributed by atoms with Crippen LogP contribution >= 0.6 is 0 Å². The molecule has 0 saturated carbocycles. The lowest BCUT2D eigenvalue weighted by molar-refractivity contribution is -0.140. The second-order valence-electron chi connectivity index (χ2n) is 3.17. The first-order valence-electron chi connectivity index (χ1n) is 4.94. The molecule has 0 fully saturated rings. The fourth-order valence-corrected chi connectivity index (χ4v) is 1.12. The molecule has 0 rings (SSSR count). The van der Waals surface area contributed by atoms with Crippen molar-refractivity contribution in [2.24, 2.45) is 0 Å². The van der Waals surface area contributed by atoms with E-state index in [1.807, 2.05) is 0 Å². The molecule has 0 aliphatic carbocycles. The van der Waals surface area contributed by atoms with Gasteiger partial charge in [0.2, 0.25) is 12.3 Å². The van der Waals surface area contributed by atoms with E-state index in [4.69, 9.17) is 5.11 Å². The van der Waals surface area contributed by atoms with Gasteiger partial charge in [-0.15, -0.1) is 0 Å². The maximum absolute atomic E-state index is 10.7. The van der Waals surface area contributed by atoms with E-state index >= 15 is 0 Å². The van der Waals surface area contributed by atoms with E-state index in [1.165, 1.54) is 6.08 Å². The van der Waals surface area contributed by atoms with Crippen LogP contribution < -0.4 is 10.6 Å². The van der Waals surface area contributed by atoms with Crippen molar-refractivity contribution >= 4 is 18.3 Å². The highest BCUT2D eigenvalue weighted by molar-refractivity contribution is 5.86. The number of rotatable bonds is 9. The summed E-state index contributed by atoms with van der Waals surface area (Å²) in [7, 11) is 0. The standard InChI is InChI=1S/C10H16N2O4/c1-2-9(14)11-6-4-3-5-8(10(15)16)12-7-13/h2,7-8H,1,3-6H2,(H,11,14)(H,12,13)(H,15,16). The predicted molar refractivity (Wildman–Crippen MR) is 57.7 cm³/mol. The Balaban J connectivity index is 3.62. The van der Waals surface area contributed by atoms with Crippen LogP contribution in [0.15, 0.2) is 12.7 Å². The first kappa shape index (κ1) is 14.2. The maximum Gasteiger partial charge on any atom is 0.326 e. The smallest absolute Gasteiger partial charge is 0.326 e. The molecule has 6 nitrogen and oxygen atoms in total. The molecular formula is C10H16N2O4. The average molecular weight is 228 g/mol. The van der Waals surface area contributed by atoms with E-state index in [9.17, 15) is 14.4 Å². The summed E-state index contributed by atoms with van der Waals surface area (Å²) >= 11 is 0. The summed E-state index contributed by atoms with van der Waals surface area (Å²) in [5.41, 5.74) is 0. The topological polar surface area (TPSA) is 95.5 Å². The normalized spacial score (nSPS) is 11.2. The van der Waals surface area contributed by atoms with E-state index in [0.717, 1.165) is 0 Å². The van der Waals surface area contributed by atoms with E-state index in [-0.39, 0.29) is 5.91 Å². The van der Waals surface area contributed by atoms with Gasteiger partial charge in [-0.05, 0) is 25.3 Å². The number of nitrogens with one attached hydrogen (secondary N) is 2. The van der Waals surface area contributed by atoms with Crippen LogP contribution in [0.4, 0.5) is 0 Å². The number of hydrogen-bond donors (Lipinski definition) is 3. The van der Waals surface area contributed by atoms with Crippen molar-refractivity contribution in [3.63, 3.8) is 0 Å². The third-order valence-corrected chi connectivity index (χ3v) is 1.97. The van der Waals surface area contributed by atoms with Crippen molar-refractivity contribution < 1.29 is 19.5 Å². The Morgan fingerprint density at radius 1 is 1.38 bits per heavy atom. The number of carbonyl (C=O) groups is 3. The predicted octanol–water partition coefficient (Wildman–Crippen LogP) is -0.342. The second kappa shape index (κ2) is 8.46. The quantitative estimate of drug-likeness (QED) is 0.286. The molecule has 0 aliphatic heterocycles. The van der Waals surface area contributed by atoms with Gasteiger partial charge in [0, 0.05) is 6.54 Å². The number of amides is 2. The summed E-state index contributed by atoms with van der Waals surface area (Å²) in [6, 6.07) is -0.854. The molecule has 0 aliphatic rings. The van der Waals surface area contributed by atoms with Crippen LogP contribution in [0.5, 0.6) is 0 Å². The minimum absolute atomic E-state index is 0.249. The molecule has 0 heterocycles. The van der Waals surface area contributed by atoms with E-state index in [0.29, 0.717) is 32.2 Å². The Morgan fingerprint density at radius 2 is 2.06 bits per heavy atom. The van der Waals surface area contributed by atoms with Crippen molar-refractivity contribution in [1.82, 2.24) is 10.6 Å². The Kier molecular flexibility index (Phi) is 7.48. The maximum atomic E-state index is 10.7. The van der Waals surface area contributed by atoms with E-state index in [1.54, 1.807) is 0 Å². The Labute approximate surface area is 93.7 Å². The van der Waals surface area contributed by atoms with Crippen LogP contribution in [0.1, 0.15) is 19.3 Å². The highest BCUT2D eigenvalue weighted by atomic mass is 16.4. The minimum Gasteiger partial charge on any atom is -0.480 e. The van der Waals surface area contributed by atoms with Crippen molar-refractivity contribution in [3.8, 4) is 0 Å². The van der Waals surface area contributed by atoms with Crippen LogP contribution in [-0.4, -0.2) is 36.0 Å². The van der Waals surface area contributed by atoms with Crippen LogP contribution in [0.2, 0.25) is 0 Å². The lowest BCUT2D eigenvalue weighted by Crippen LogP contribution is -2.35. The molecule has 0 aromatic carbocycles. The monoisotopic (exact) mass is 228 g/mol. The molecule has 6 heteroatoms. The number of carboxylic acids is 1.